The minimum Gasteiger partial charge on any atom is -0.494 e. The van der Waals surface area contributed by atoms with Crippen molar-refractivity contribution in [3.05, 3.63) is 39.9 Å². The first-order valence-electron chi connectivity index (χ1n) is 22.0. The molecule has 0 aliphatic carbocycles. The molecule has 0 saturated heterocycles. The van der Waals surface area contributed by atoms with Gasteiger partial charge in [0.2, 0.25) is 0 Å². The van der Waals surface area contributed by atoms with E-state index in [9.17, 15) is 10.0 Å². The summed E-state index contributed by atoms with van der Waals surface area (Å²) in [4.78, 5) is 0. The molecule has 306 valence electrons. The van der Waals surface area contributed by atoms with Crippen LogP contribution < -0.4 is 24.4 Å². The zero-order chi connectivity index (χ0) is 39.1. The van der Waals surface area contributed by atoms with E-state index in [1.165, 1.54) is 109 Å². The molecule has 0 spiro atoms. The lowest BCUT2D eigenvalue weighted by molar-refractivity contribution is 0.294. The number of benzene rings is 2. The van der Waals surface area contributed by atoms with E-state index in [1.807, 2.05) is 18.2 Å². The van der Waals surface area contributed by atoms with Crippen molar-refractivity contribution in [1.29, 1.82) is 0 Å². The molecular formula is C46H76BBrO6. The number of rotatable bonds is 35. The molecule has 0 atom stereocenters. The summed E-state index contributed by atoms with van der Waals surface area (Å²) in [7, 11) is -1.67. The maximum Gasteiger partial charge on any atom is 0.492 e. The summed E-state index contributed by atoms with van der Waals surface area (Å²) < 4.78 is 26.2. The monoisotopic (exact) mass is 814 g/mol. The van der Waals surface area contributed by atoms with Crippen molar-refractivity contribution in [2.24, 2.45) is 0 Å². The molecule has 6 nitrogen and oxygen atoms in total. The molecule has 0 aromatic heterocycles. The largest absolute Gasteiger partial charge is 0.494 e. The van der Waals surface area contributed by atoms with Gasteiger partial charge in [-0.15, -0.1) is 0 Å². The fourth-order valence-corrected chi connectivity index (χ4v) is 6.96. The normalized spacial score (nSPS) is 11.4. The first-order chi connectivity index (χ1) is 26.4. The van der Waals surface area contributed by atoms with Crippen molar-refractivity contribution in [3.8, 4) is 23.0 Å². The predicted molar refractivity (Wildman–Crippen MR) is 235 cm³/mol. The van der Waals surface area contributed by atoms with Gasteiger partial charge in [0.05, 0.1) is 30.9 Å². The predicted octanol–water partition coefficient (Wildman–Crippen LogP) is 13.3. The van der Waals surface area contributed by atoms with Gasteiger partial charge in [0, 0.05) is 16.6 Å². The minimum atomic E-state index is -1.67. The van der Waals surface area contributed by atoms with E-state index in [-0.39, 0.29) is 0 Å². The van der Waals surface area contributed by atoms with Gasteiger partial charge >= 0.3 is 7.12 Å². The lowest BCUT2D eigenvalue weighted by Gasteiger charge is -2.17. The molecule has 2 aromatic rings. The quantitative estimate of drug-likeness (QED) is 0.0410. The fourth-order valence-electron chi connectivity index (χ4n) is 6.53. The van der Waals surface area contributed by atoms with Crippen molar-refractivity contribution < 1.29 is 29.0 Å². The van der Waals surface area contributed by atoms with Crippen LogP contribution in [-0.2, 0) is 0 Å². The van der Waals surface area contributed by atoms with Crippen molar-refractivity contribution in [1.82, 2.24) is 0 Å². The molecule has 0 aliphatic rings. The molecule has 8 heteroatoms. The van der Waals surface area contributed by atoms with Crippen molar-refractivity contribution >= 4 is 40.7 Å². The minimum absolute atomic E-state index is 0.327. The zero-order valence-electron chi connectivity index (χ0n) is 34.7. The zero-order valence-corrected chi connectivity index (χ0v) is 36.3. The van der Waals surface area contributed by atoms with Gasteiger partial charge in [-0.25, -0.2) is 0 Å². The van der Waals surface area contributed by atoms with Gasteiger partial charge in [-0.2, -0.15) is 0 Å². The van der Waals surface area contributed by atoms with E-state index in [2.05, 4.69) is 55.8 Å². The molecule has 2 aromatic carbocycles. The SMILES string of the molecule is CCCCCCCCOc1cc(/C=C/c2cc(OCCCCCCCC)c(B(O)O)cc2OCCCCCCCC)c(OCCCCCCCC)cc1Br. The summed E-state index contributed by atoms with van der Waals surface area (Å²) in [5.41, 5.74) is 2.07. The number of hydrogen-bond donors (Lipinski definition) is 2. The van der Waals surface area contributed by atoms with Crippen LogP contribution in [0.5, 0.6) is 23.0 Å². The Morgan fingerprint density at radius 1 is 0.426 bits per heavy atom. The maximum atomic E-state index is 10.4. The lowest BCUT2D eigenvalue weighted by Crippen LogP contribution is -2.32. The molecule has 54 heavy (non-hydrogen) atoms. The second-order valence-corrected chi connectivity index (χ2v) is 15.8. The highest BCUT2D eigenvalue weighted by atomic mass is 79.9. The molecule has 0 heterocycles. The molecule has 0 saturated carbocycles. The van der Waals surface area contributed by atoms with Gasteiger partial charge in [-0.05, 0) is 65.9 Å². The maximum absolute atomic E-state index is 10.4. The van der Waals surface area contributed by atoms with Gasteiger partial charge in [0.1, 0.15) is 23.0 Å². The topological polar surface area (TPSA) is 77.4 Å². The van der Waals surface area contributed by atoms with Gasteiger partial charge in [-0.3, -0.25) is 0 Å². The van der Waals surface area contributed by atoms with Crippen molar-refractivity contribution in [2.75, 3.05) is 26.4 Å². The Labute approximate surface area is 339 Å². The average Bonchev–Trinajstić information content (AvgIpc) is 3.16. The van der Waals surface area contributed by atoms with Crippen LogP contribution in [0.3, 0.4) is 0 Å². The standard InChI is InChI=1S/C46H76BBrO6/c1-5-9-13-17-21-25-31-51-43-37-41(47(49)50)45(53-33-27-23-19-15-11-7-3)35-39(43)29-30-40-36-46(54-34-28-24-20-16-12-8-4)42(48)38-44(40)52-32-26-22-18-14-10-6-2/h29-30,35-38,49-50H,5-28,31-34H2,1-4H3/b30-29+. The van der Waals surface area contributed by atoms with Crippen LogP contribution in [0.25, 0.3) is 12.2 Å². The van der Waals surface area contributed by atoms with Gasteiger partial charge in [-0.1, -0.05) is 168 Å². The van der Waals surface area contributed by atoms with Gasteiger partial charge in [0.25, 0.3) is 0 Å². The van der Waals surface area contributed by atoms with E-state index in [1.54, 1.807) is 6.07 Å². The van der Waals surface area contributed by atoms with Crippen LogP contribution in [0.1, 0.15) is 193 Å². The van der Waals surface area contributed by atoms with Crippen LogP contribution in [-0.4, -0.2) is 43.6 Å². The molecular weight excluding hydrogens is 739 g/mol. The Morgan fingerprint density at radius 2 is 0.741 bits per heavy atom. The lowest BCUT2D eigenvalue weighted by atomic mass is 9.78. The van der Waals surface area contributed by atoms with Crippen LogP contribution >= 0.6 is 15.9 Å². The Hall–Kier alpha value is -2.16. The number of ether oxygens (including phenoxy) is 4. The molecule has 2 rings (SSSR count). The Morgan fingerprint density at radius 3 is 1.13 bits per heavy atom. The van der Waals surface area contributed by atoms with Gasteiger partial charge in [0.15, 0.2) is 0 Å². The third-order valence-corrected chi connectivity index (χ3v) is 10.6. The molecule has 0 aliphatic heterocycles. The number of hydrogen-bond acceptors (Lipinski definition) is 6. The van der Waals surface area contributed by atoms with Crippen molar-refractivity contribution in [3.63, 3.8) is 0 Å². The summed E-state index contributed by atoms with van der Waals surface area (Å²) in [5, 5.41) is 20.8. The highest BCUT2D eigenvalue weighted by molar-refractivity contribution is 9.10. The molecule has 0 fully saturated rings. The first-order valence-corrected chi connectivity index (χ1v) is 22.8. The Bertz CT molecular complexity index is 1250. The molecule has 2 N–H and O–H groups in total. The summed E-state index contributed by atoms with van der Waals surface area (Å²) in [6.45, 7) is 11.4. The Kier molecular flexibility index (Phi) is 28.4. The highest BCUT2D eigenvalue weighted by Gasteiger charge is 2.21. The van der Waals surface area contributed by atoms with Crippen LogP contribution in [0.15, 0.2) is 28.7 Å². The van der Waals surface area contributed by atoms with Gasteiger partial charge < -0.3 is 29.0 Å². The molecule has 0 unspecified atom stereocenters. The second kappa shape index (κ2) is 32.0. The van der Waals surface area contributed by atoms with Crippen molar-refractivity contribution in [2.45, 2.75) is 182 Å². The average molecular weight is 816 g/mol. The summed E-state index contributed by atoms with van der Waals surface area (Å²) in [6.07, 6.45) is 32.5. The Balaban J connectivity index is 2.35. The number of unbranched alkanes of at least 4 members (excludes halogenated alkanes) is 20. The smallest absolute Gasteiger partial charge is 0.492 e. The molecule has 0 radical (unpaired) electrons. The highest BCUT2D eigenvalue weighted by Crippen LogP contribution is 2.35. The van der Waals surface area contributed by atoms with E-state index in [0.717, 1.165) is 72.0 Å². The molecule has 0 amide bonds. The van der Waals surface area contributed by atoms with Crippen LogP contribution in [0.2, 0.25) is 0 Å². The van der Waals surface area contributed by atoms with E-state index >= 15 is 0 Å². The van der Waals surface area contributed by atoms with E-state index in [4.69, 9.17) is 18.9 Å². The summed E-state index contributed by atoms with van der Waals surface area (Å²) in [5.74, 6) is 2.69. The summed E-state index contributed by atoms with van der Waals surface area (Å²) in [6, 6.07) is 7.73. The third kappa shape index (κ3) is 21.2. The summed E-state index contributed by atoms with van der Waals surface area (Å²) >= 11 is 3.76. The van der Waals surface area contributed by atoms with Crippen LogP contribution in [0, 0.1) is 0 Å². The fraction of sp³-hybridized carbons (Fsp3) is 0.696. The third-order valence-electron chi connectivity index (χ3n) is 9.95. The van der Waals surface area contributed by atoms with E-state index in [0.29, 0.717) is 43.4 Å². The molecule has 0 bridgehead atoms. The second-order valence-electron chi connectivity index (χ2n) is 14.9. The van der Waals surface area contributed by atoms with E-state index < -0.39 is 7.12 Å². The van der Waals surface area contributed by atoms with Crippen LogP contribution in [0.4, 0.5) is 0 Å². The number of halogens is 1. The first kappa shape index (κ1) is 48.0.